The van der Waals surface area contributed by atoms with E-state index in [1.165, 1.54) is 6.92 Å². The first-order valence-corrected chi connectivity index (χ1v) is 6.80. The summed E-state index contributed by atoms with van der Waals surface area (Å²) in [5.74, 6) is -0.362. The molecule has 9 heteroatoms. The lowest BCUT2D eigenvalue weighted by atomic mass is 9.87. The molecule has 0 aliphatic carbocycles. The molecule has 0 aromatic carbocycles. The lowest BCUT2D eigenvalue weighted by Crippen LogP contribution is -2.48. The highest BCUT2D eigenvalue weighted by Gasteiger charge is 2.27. The molecule has 0 aromatic heterocycles. The van der Waals surface area contributed by atoms with Crippen LogP contribution in [0.1, 0.15) is 34.1 Å². The van der Waals surface area contributed by atoms with Crippen molar-refractivity contribution in [2.24, 2.45) is 5.41 Å². The summed E-state index contributed by atoms with van der Waals surface area (Å²) in [5, 5.41) is 14.4. The lowest BCUT2D eigenvalue weighted by Gasteiger charge is -2.23. The standard InChI is InChI=1S/C12H21N3O5S/c1-8(16)14-9(7-10(17)12(2,3)4)11(21)13-5-6-20-15(18)19/h9H,5-7H2,1-4H3,(H,13,21)(H,14,16)/t9-/m1/s1. The molecule has 0 radical (unpaired) electrons. The summed E-state index contributed by atoms with van der Waals surface area (Å²) in [7, 11) is 0. The van der Waals surface area contributed by atoms with E-state index in [-0.39, 0.29) is 36.3 Å². The lowest BCUT2D eigenvalue weighted by molar-refractivity contribution is -0.757. The minimum atomic E-state index is -0.904. The Hall–Kier alpha value is -1.77. The average Bonchev–Trinajstić information content (AvgIpc) is 2.31. The number of rotatable bonds is 8. The summed E-state index contributed by atoms with van der Waals surface area (Å²) in [6.07, 6.45) is 0.0605. The molecule has 21 heavy (non-hydrogen) atoms. The van der Waals surface area contributed by atoms with Gasteiger partial charge in [0.25, 0.3) is 5.09 Å². The van der Waals surface area contributed by atoms with Crippen molar-refractivity contribution >= 4 is 28.9 Å². The average molecular weight is 319 g/mol. The van der Waals surface area contributed by atoms with Crippen LogP contribution in [0.2, 0.25) is 0 Å². The number of hydrogen-bond acceptors (Lipinski definition) is 6. The van der Waals surface area contributed by atoms with Gasteiger partial charge in [-0.1, -0.05) is 33.0 Å². The fourth-order valence-electron chi connectivity index (χ4n) is 1.36. The Kier molecular flexibility index (Phi) is 7.79. The number of nitrogens with zero attached hydrogens (tertiary/aromatic N) is 1. The van der Waals surface area contributed by atoms with Gasteiger partial charge in [-0.15, -0.1) is 10.1 Å². The van der Waals surface area contributed by atoms with E-state index < -0.39 is 16.5 Å². The van der Waals surface area contributed by atoms with Gasteiger partial charge in [-0.3, -0.25) is 9.59 Å². The van der Waals surface area contributed by atoms with Crippen LogP contribution < -0.4 is 10.6 Å². The van der Waals surface area contributed by atoms with Gasteiger partial charge in [0.15, 0.2) is 0 Å². The molecule has 1 atom stereocenters. The third-order valence-corrected chi connectivity index (χ3v) is 2.95. The van der Waals surface area contributed by atoms with Gasteiger partial charge < -0.3 is 15.5 Å². The molecular weight excluding hydrogens is 298 g/mol. The highest BCUT2D eigenvalue weighted by atomic mass is 32.1. The van der Waals surface area contributed by atoms with Crippen LogP contribution in [-0.2, 0) is 14.4 Å². The summed E-state index contributed by atoms with van der Waals surface area (Å²) in [6.45, 7) is 6.60. The summed E-state index contributed by atoms with van der Waals surface area (Å²) >= 11 is 5.11. The molecule has 120 valence electrons. The first-order chi connectivity index (χ1) is 9.54. The van der Waals surface area contributed by atoms with Gasteiger partial charge in [-0.2, -0.15) is 0 Å². The minimum absolute atomic E-state index is 0.0491. The van der Waals surface area contributed by atoms with E-state index in [1.807, 2.05) is 0 Å². The van der Waals surface area contributed by atoms with Gasteiger partial charge in [-0.05, 0) is 0 Å². The highest BCUT2D eigenvalue weighted by Crippen LogP contribution is 2.18. The largest absolute Gasteiger partial charge is 0.376 e. The molecule has 0 saturated heterocycles. The Morgan fingerprint density at radius 2 is 1.95 bits per heavy atom. The van der Waals surface area contributed by atoms with Gasteiger partial charge in [0.1, 0.15) is 12.4 Å². The van der Waals surface area contributed by atoms with E-state index in [9.17, 15) is 19.7 Å². The van der Waals surface area contributed by atoms with Crippen LogP contribution in [0.25, 0.3) is 0 Å². The number of carbonyl (C=O) groups excluding carboxylic acids is 2. The number of hydrogen-bond donors (Lipinski definition) is 2. The van der Waals surface area contributed by atoms with Crippen molar-refractivity contribution in [3.05, 3.63) is 10.1 Å². The second-order valence-corrected chi connectivity index (χ2v) is 5.92. The van der Waals surface area contributed by atoms with Crippen molar-refractivity contribution in [2.75, 3.05) is 13.2 Å². The molecule has 0 unspecified atom stereocenters. The third-order valence-electron chi connectivity index (χ3n) is 2.52. The summed E-state index contributed by atoms with van der Waals surface area (Å²) < 4.78 is 0. The first-order valence-electron chi connectivity index (χ1n) is 6.39. The van der Waals surface area contributed by atoms with Gasteiger partial charge >= 0.3 is 0 Å². The van der Waals surface area contributed by atoms with Crippen LogP contribution in [0.4, 0.5) is 0 Å². The molecule has 0 heterocycles. The molecule has 2 N–H and O–H groups in total. The molecular formula is C12H21N3O5S. The van der Waals surface area contributed by atoms with Crippen molar-refractivity contribution < 1.29 is 19.5 Å². The summed E-state index contributed by atoms with van der Waals surface area (Å²) in [6, 6.07) is -0.639. The van der Waals surface area contributed by atoms with Gasteiger partial charge in [-0.25, -0.2) is 0 Å². The maximum Gasteiger partial charge on any atom is 0.294 e. The number of amides is 1. The summed E-state index contributed by atoms with van der Waals surface area (Å²) in [5.41, 5.74) is -0.541. The zero-order chi connectivity index (χ0) is 16.6. The Balaban J connectivity index is 4.53. The topological polar surface area (TPSA) is 111 Å². The minimum Gasteiger partial charge on any atom is -0.376 e. The monoisotopic (exact) mass is 319 g/mol. The molecule has 0 spiro atoms. The molecule has 1 amide bonds. The number of ketones is 1. The number of nitrogens with one attached hydrogen (secondary N) is 2. The number of thiocarbonyl (C=S) groups is 1. The third kappa shape index (κ3) is 8.90. The zero-order valence-corrected chi connectivity index (χ0v) is 13.4. The van der Waals surface area contributed by atoms with Crippen LogP contribution in [-0.4, -0.2) is 41.0 Å². The quantitative estimate of drug-likeness (QED) is 0.292. The smallest absolute Gasteiger partial charge is 0.294 e. The van der Waals surface area contributed by atoms with E-state index in [2.05, 4.69) is 15.5 Å². The highest BCUT2D eigenvalue weighted by molar-refractivity contribution is 7.80. The van der Waals surface area contributed by atoms with Crippen molar-refractivity contribution in [3.8, 4) is 0 Å². The molecule has 0 aromatic rings. The van der Waals surface area contributed by atoms with Crippen molar-refractivity contribution in [3.63, 3.8) is 0 Å². The van der Waals surface area contributed by atoms with Gasteiger partial charge in [0, 0.05) is 25.3 Å². The Bertz CT molecular complexity index is 420. The zero-order valence-electron chi connectivity index (χ0n) is 12.6. The Labute approximate surface area is 128 Å². The van der Waals surface area contributed by atoms with E-state index >= 15 is 0 Å². The Morgan fingerprint density at radius 1 is 1.38 bits per heavy atom. The second kappa shape index (κ2) is 8.50. The number of carbonyl (C=O) groups is 2. The SMILES string of the molecule is CC(=O)N[C@H](CC(=O)C(C)(C)C)C(=S)NCCO[N+](=O)[O-]. The fraction of sp³-hybridized carbons (Fsp3) is 0.750. The predicted molar refractivity (Wildman–Crippen MR) is 80.2 cm³/mol. The molecule has 0 rings (SSSR count). The molecule has 8 nitrogen and oxygen atoms in total. The van der Waals surface area contributed by atoms with Crippen LogP contribution >= 0.6 is 12.2 Å². The molecule has 0 aliphatic heterocycles. The van der Waals surface area contributed by atoms with E-state index in [0.717, 1.165) is 0 Å². The van der Waals surface area contributed by atoms with E-state index in [4.69, 9.17) is 12.2 Å². The second-order valence-electron chi connectivity index (χ2n) is 5.48. The van der Waals surface area contributed by atoms with Crippen LogP contribution in [0, 0.1) is 15.5 Å². The molecule has 0 fully saturated rings. The van der Waals surface area contributed by atoms with E-state index in [0.29, 0.717) is 0 Å². The number of Topliss-reactive ketones (excluding diaryl/α,β-unsaturated/α-hetero) is 1. The van der Waals surface area contributed by atoms with E-state index in [1.54, 1.807) is 20.8 Å². The molecule has 0 saturated carbocycles. The van der Waals surface area contributed by atoms with Crippen LogP contribution in [0.5, 0.6) is 0 Å². The van der Waals surface area contributed by atoms with Crippen LogP contribution in [0.3, 0.4) is 0 Å². The van der Waals surface area contributed by atoms with Gasteiger partial charge in [0.05, 0.1) is 11.0 Å². The van der Waals surface area contributed by atoms with Crippen molar-refractivity contribution in [1.29, 1.82) is 0 Å². The fourth-order valence-corrected chi connectivity index (χ4v) is 1.61. The molecule has 0 aliphatic rings. The van der Waals surface area contributed by atoms with Crippen LogP contribution in [0.15, 0.2) is 0 Å². The normalized spacial score (nSPS) is 12.2. The maximum atomic E-state index is 12.0. The Morgan fingerprint density at radius 3 is 2.38 bits per heavy atom. The van der Waals surface area contributed by atoms with Crippen molar-refractivity contribution in [1.82, 2.24) is 10.6 Å². The predicted octanol–water partition coefficient (Wildman–Crippen LogP) is 0.622. The molecule has 0 bridgehead atoms. The summed E-state index contributed by atoms with van der Waals surface area (Å²) in [4.78, 5) is 37.6. The van der Waals surface area contributed by atoms with Gasteiger partial charge in [0.2, 0.25) is 5.91 Å². The van der Waals surface area contributed by atoms with Crippen molar-refractivity contribution in [2.45, 2.75) is 40.2 Å². The maximum absolute atomic E-state index is 12.0. The first kappa shape index (κ1) is 19.2.